The van der Waals surface area contributed by atoms with Crippen molar-refractivity contribution < 1.29 is 18.1 Å². The van der Waals surface area contributed by atoms with E-state index in [1.807, 2.05) is 18.7 Å². The molecule has 0 aromatic carbocycles. The minimum atomic E-state index is -0.886. The third-order valence-corrected chi connectivity index (χ3v) is 4.62. The Hall–Kier alpha value is -2.15. The molecule has 1 fully saturated rings. The number of nitrogens with zero attached hydrogens (tertiary/aromatic N) is 2. The summed E-state index contributed by atoms with van der Waals surface area (Å²) in [6, 6.07) is 1.59. The van der Waals surface area contributed by atoms with Gasteiger partial charge in [0.05, 0.1) is 17.5 Å². The van der Waals surface area contributed by atoms with Gasteiger partial charge in [0.1, 0.15) is 17.7 Å². The number of hydrogen-bond donors (Lipinski definition) is 1. The van der Waals surface area contributed by atoms with Crippen molar-refractivity contribution in [2.24, 2.45) is 0 Å². The van der Waals surface area contributed by atoms with Gasteiger partial charge in [-0.25, -0.2) is 4.39 Å². The molecule has 1 saturated heterocycles. The molecule has 1 aliphatic rings. The quantitative estimate of drug-likeness (QED) is 0.909. The monoisotopic (exact) mass is 335 g/mol. The van der Waals surface area contributed by atoms with Crippen molar-refractivity contribution in [3.8, 4) is 0 Å². The summed E-state index contributed by atoms with van der Waals surface area (Å²) in [4.78, 5) is 14.2. The van der Waals surface area contributed by atoms with Crippen molar-refractivity contribution >= 4 is 5.91 Å². The van der Waals surface area contributed by atoms with Crippen LogP contribution in [0.4, 0.5) is 4.39 Å². The number of amides is 1. The molecule has 1 aliphatic heterocycles. The van der Waals surface area contributed by atoms with Crippen LogP contribution in [0.5, 0.6) is 0 Å². The van der Waals surface area contributed by atoms with Crippen molar-refractivity contribution in [2.75, 3.05) is 13.1 Å². The highest BCUT2D eigenvalue weighted by atomic mass is 19.1. The van der Waals surface area contributed by atoms with Crippen LogP contribution in [0.1, 0.15) is 39.6 Å². The lowest BCUT2D eigenvalue weighted by Crippen LogP contribution is -2.40. The highest BCUT2D eigenvalue weighted by Gasteiger charge is 2.33. The van der Waals surface area contributed by atoms with Gasteiger partial charge >= 0.3 is 0 Å². The third kappa shape index (κ3) is 3.36. The summed E-state index contributed by atoms with van der Waals surface area (Å²) in [7, 11) is 0. The number of halogens is 1. The smallest absolute Gasteiger partial charge is 0.254 e. The van der Waals surface area contributed by atoms with E-state index in [1.165, 1.54) is 6.26 Å². The van der Waals surface area contributed by atoms with E-state index < -0.39 is 6.17 Å². The number of alkyl halides is 1. The van der Waals surface area contributed by atoms with Crippen LogP contribution in [0.2, 0.25) is 0 Å². The third-order valence-electron chi connectivity index (χ3n) is 4.62. The fourth-order valence-corrected chi connectivity index (χ4v) is 3.19. The highest BCUT2D eigenvalue weighted by Crippen LogP contribution is 2.25. The molecule has 3 rings (SSSR count). The summed E-state index contributed by atoms with van der Waals surface area (Å²) in [5.74, 6) is 1.14. The first-order valence-electron chi connectivity index (χ1n) is 8.08. The van der Waals surface area contributed by atoms with Crippen LogP contribution in [0, 0.1) is 20.8 Å². The van der Waals surface area contributed by atoms with Gasteiger partial charge in [-0.2, -0.15) is 0 Å². The SMILES string of the molecule is Cc1noc(C)c1CN1C[C@@H](F)C[C@H]1CNC(=O)c1ccoc1C. The predicted octanol–water partition coefficient (Wildman–Crippen LogP) is 2.54. The fraction of sp³-hybridized carbons (Fsp3) is 0.529. The number of furan rings is 1. The van der Waals surface area contributed by atoms with Gasteiger partial charge in [0.2, 0.25) is 0 Å². The number of nitrogens with one attached hydrogen (secondary N) is 1. The lowest BCUT2D eigenvalue weighted by Gasteiger charge is -2.24. The highest BCUT2D eigenvalue weighted by molar-refractivity contribution is 5.95. The molecule has 0 spiro atoms. The Labute approximate surface area is 140 Å². The average molecular weight is 335 g/mol. The van der Waals surface area contributed by atoms with Crippen LogP contribution in [0.3, 0.4) is 0 Å². The van der Waals surface area contributed by atoms with Crippen LogP contribution in [0.15, 0.2) is 21.3 Å². The Morgan fingerprint density at radius 1 is 1.42 bits per heavy atom. The molecule has 130 valence electrons. The summed E-state index contributed by atoms with van der Waals surface area (Å²) in [6.45, 7) is 6.81. The number of carbonyl (C=O) groups is 1. The second-order valence-corrected chi connectivity index (χ2v) is 6.32. The lowest BCUT2D eigenvalue weighted by molar-refractivity contribution is 0.0938. The first-order valence-corrected chi connectivity index (χ1v) is 8.08. The molecule has 7 heteroatoms. The number of likely N-dealkylation sites (tertiary alicyclic amines) is 1. The van der Waals surface area contributed by atoms with Gasteiger partial charge in [-0.3, -0.25) is 9.69 Å². The van der Waals surface area contributed by atoms with Crippen molar-refractivity contribution in [3.63, 3.8) is 0 Å². The van der Waals surface area contributed by atoms with E-state index in [0.29, 0.717) is 37.4 Å². The molecule has 24 heavy (non-hydrogen) atoms. The Bertz CT molecular complexity index is 705. The minimum Gasteiger partial charge on any atom is -0.469 e. The minimum absolute atomic E-state index is 0.0511. The molecule has 0 radical (unpaired) electrons. The number of hydrogen-bond acceptors (Lipinski definition) is 5. The standard InChI is InChI=1S/C17H22FN3O3/c1-10-16(12(3)24-20-10)9-21-8-13(18)6-14(21)7-19-17(22)15-4-5-23-11(15)2/h4-5,13-14H,6-9H2,1-3H3,(H,19,22)/t13-,14-/m0/s1. The van der Waals surface area contributed by atoms with Crippen LogP contribution in [0.25, 0.3) is 0 Å². The van der Waals surface area contributed by atoms with Gasteiger partial charge in [-0.15, -0.1) is 0 Å². The second kappa shape index (κ2) is 6.76. The molecule has 0 aliphatic carbocycles. The van der Waals surface area contributed by atoms with E-state index in [1.54, 1.807) is 13.0 Å². The Kier molecular flexibility index (Phi) is 4.71. The maximum atomic E-state index is 13.9. The summed E-state index contributed by atoms with van der Waals surface area (Å²) in [5, 5.41) is 6.83. The van der Waals surface area contributed by atoms with Gasteiger partial charge in [0.15, 0.2) is 0 Å². The van der Waals surface area contributed by atoms with Crippen LogP contribution in [-0.2, 0) is 6.54 Å². The van der Waals surface area contributed by atoms with Crippen LogP contribution >= 0.6 is 0 Å². The molecule has 0 unspecified atom stereocenters. The molecule has 6 nitrogen and oxygen atoms in total. The van der Waals surface area contributed by atoms with E-state index >= 15 is 0 Å². The molecule has 0 bridgehead atoms. The van der Waals surface area contributed by atoms with Gasteiger partial charge in [0.25, 0.3) is 5.91 Å². The molecule has 1 N–H and O–H groups in total. The lowest BCUT2D eigenvalue weighted by atomic mass is 10.1. The summed E-state index contributed by atoms with van der Waals surface area (Å²) >= 11 is 0. The Balaban J connectivity index is 1.63. The zero-order valence-electron chi connectivity index (χ0n) is 14.1. The first kappa shape index (κ1) is 16.7. The van der Waals surface area contributed by atoms with Crippen LogP contribution in [-0.4, -0.2) is 41.3 Å². The molecule has 3 heterocycles. The largest absolute Gasteiger partial charge is 0.469 e. The van der Waals surface area contributed by atoms with Gasteiger partial charge < -0.3 is 14.3 Å². The van der Waals surface area contributed by atoms with Crippen molar-refractivity contribution in [3.05, 3.63) is 40.7 Å². The summed E-state index contributed by atoms with van der Waals surface area (Å²) < 4.78 is 24.2. The number of rotatable bonds is 5. The maximum absolute atomic E-state index is 13.9. The van der Waals surface area contributed by atoms with E-state index in [9.17, 15) is 9.18 Å². The molecule has 0 saturated carbocycles. The fourth-order valence-electron chi connectivity index (χ4n) is 3.19. The zero-order chi connectivity index (χ0) is 17.3. The van der Waals surface area contributed by atoms with Crippen molar-refractivity contribution in [1.29, 1.82) is 0 Å². The molecule has 1 amide bonds. The van der Waals surface area contributed by atoms with Gasteiger partial charge in [0, 0.05) is 31.2 Å². The van der Waals surface area contributed by atoms with Crippen molar-refractivity contribution in [1.82, 2.24) is 15.4 Å². The number of carbonyl (C=O) groups excluding carboxylic acids is 1. The van der Waals surface area contributed by atoms with Crippen LogP contribution < -0.4 is 5.32 Å². The predicted molar refractivity (Wildman–Crippen MR) is 85.5 cm³/mol. The summed E-state index contributed by atoms with van der Waals surface area (Å²) in [6.07, 6.45) is 1.01. The number of aryl methyl sites for hydroxylation is 3. The van der Waals surface area contributed by atoms with E-state index in [0.717, 1.165) is 17.0 Å². The first-order chi connectivity index (χ1) is 11.5. The normalized spacial score (nSPS) is 21.3. The molecule has 2 aromatic heterocycles. The summed E-state index contributed by atoms with van der Waals surface area (Å²) in [5.41, 5.74) is 2.33. The molecular formula is C17H22FN3O3. The Morgan fingerprint density at radius 2 is 2.21 bits per heavy atom. The molecular weight excluding hydrogens is 313 g/mol. The van der Waals surface area contributed by atoms with Crippen molar-refractivity contribution in [2.45, 2.75) is 46.0 Å². The Morgan fingerprint density at radius 3 is 2.83 bits per heavy atom. The van der Waals surface area contributed by atoms with E-state index in [2.05, 4.69) is 10.5 Å². The van der Waals surface area contributed by atoms with Gasteiger partial charge in [-0.1, -0.05) is 5.16 Å². The maximum Gasteiger partial charge on any atom is 0.254 e. The molecule has 2 aromatic rings. The zero-order valence-corrected chi connectivity index (χ0v) is 14.1. The van der Waals surface area contributed by atoms with E-state index in [-0.39, 0.29) is 11.9 Å². The van der Waals surface area contributed by atoms with E-state index in [4.69, 9.17) is 8.94 Å². The topological polar surface area (TPSA) is 71.5 Å². The molecule has 2 atom stereocenters. The number of aromatic nitrogens is 1. The van der Waals surface area contributed by atoms with Gasteiger partial charge in [-0.05, 0) is 33.3 Å². The second-order valence-electron chi connectivity index (χ2n) is 6.32. The average Bonchev–Trinajstić information content (AvgIpc) is 3.20.